The standard InChI is InChI=1S/C20H26N4O/c1-14-6-4-8-17(10-14)12-21-19-11-18(22-16(3)23-19)20(25)24-9-5-7-15(2)13-24/h4,6,8,10-11,15H,5,7,9,12-13H2,1-3H3,(H,21,22,23). The summed E-state index contributed by atoms with van der Waals surface area (Å²) < 4.78 is 0. The van der Waals surface area contributed by atoms with Gasteiger partial charge in [-0.25, -0.2) is 9.97 Å². The van der Waals surface area contributed by atoms with E-state index in [0.29, 0.717) is 29.8 Å². The van der Waals surface area contributed by atoms with Crippen LogP contribution in [0.25, 0.3) is 0 Å². The fourth-order valence-electron chi connectivity index (χ4n) is 3.32. The molecule has 1 aromatic carbocycles. The van der Waals surface area contributed by atoms with Crippen LogP contribution in [-0.4, -0.2) is 33.9 Å². The monoisotopic (exact) mass is 338 g/mol. The Hall–Kier alpha value is -2.43. The summed E-state index contributed by atoms with van der Waals surface area (Å²) in [4.78, 5) is 23.5. The summed E-state index contributed by atoms with van der Waals surface area (Å²) in [5.41, 5.74) is 2.90. The van der Waals surface area contributed by atoms with Gasteiger partial charge in [0.05, 0.1) is 0 Å². The van der Waals surface area contributed by atoms with Crippen LogP contribution in [0.1, 0.15) is 47.2 Å². The Labute approximate surface area is 149 Å². The lowest BCUT2D eigenvalue weighted by Gasteiger charge is -2.30. The number of nitrogens with zero attached hydrogens (tertiary/aromatic N) is 3. The molecule has 1 fully saturated rings. The van der Waals surface area contributed by atoms with Crippen molar-refractivity contribution in [1.29, 1.82) is 0 Å². The second-order valence-corrected chi connectivity index (χ2v) is 7.03. The van der Waals surface area contributed by atoms with Gasteiger partial charge in [0, 0.05) is 25.7 Å². The average Bonchev–Trinajstić information content (AvgIpc) is 2.59. The van der Waals surface area contributed by atoms with Gasteiger partial charge in [-0.2, -0.15) is 0 Å². The molecule has 1 amide bonds. The maximum Gasteiger partial charge on any atom is 0.272 e. The number of piperidine rings is 1. The van der Waals surface area contributed by atoms with Crippen LogP contribution in [0.15, 0.2) is 30.3 Å². The number of benzene rings is 1. The minimum atomic E-state index is 0.00987. The minimum absolute atomic E-state index is 0.00987. The number of carbonyl (C=O) groups excluding carboxylic acids is 1. The SMILES string of the molecule is Cc1cccc(CNc2cc(C(=O)N3CCCC(C)C3)nc(C)n2)c1. The molecule has 1 atom stereocenters. The van der Waals surface area contributed by atoms with Crippen LogP contribution in [0, 0.1) is 19.8 Å². The van der Waals surface area contributed by atoms with E-state index in [-0.39, 0.29) is 5.91 Å². The van der Waals surface area contributed by atoms with Gasteiger partial charge in [0.1, 0.15) is 17.3 Å². The lowest BCUT2D eigenvalue weighted by Crippen LogP contribution is -2.39. The van der Waals surface area contributed by atoms with Gasteiger partial charge >= 0.3 is 0 Å². The molecule has 0 spiro atoms. The average molecular weight is 338 g/mol. The van der Waals surface area contributed by atoms with Crippen LogP contribution in [0.4, 0.5) is 5.82 Å². The highest BCUT2D eigenvalue weighted by Crippen LogP contribution is 2.18. The van der Waals surface area contributed by atoms with Crippen LogP contribution >= 0.6 is 0 Å². The molecule has 25 heavy (non-hydrogen) atoms. The topological polar surface area (TPSA) is 58.1 Å². The zero-order valence-electron chi connectivity index (χ0n) is 15.2. The Morgan fingerprint density at radius 2 is 2.12 bits per heavy atom. The number of rotatable bonds is 4. The third kappa shape index (κ3) is 4.56. The number of nitrogens with one attached hydrogen (secondary N) is 1. The van der Waals surface area contributed by atoms with Gasteiger partial charge in [-0.3, -0.25) is 4.79 Å². The lowest BCUT2D eigenvalue weighted by molar-refractivity contribution is 0.0676. The highest BCUT2D eigenvalue weighted by Gasteiger charge is 2.23. The zero-order valence-corrected chi connectivity index (χ0v) is 15.2. The molecule has 2 heterocycles. The Balaban J connectivity index is 1.72. The summed E-state index contributed by atoms with van der Waals surface area (Å²) >= 11 is 0. The largest absolute Gasteiger partial charge is 0.366 e. The summed E-state index contributed by atoms with van der Waals surface area (Å²) in [6.07, 6.45) is 2.26. The van der Waals surface area contributed by atoms with Crippen molar-refractivity contribution in [3.8, 4) is 0 Å². The molecular formula is C20H26N4O. The van der Waals surface area contributed by atoms with Crippen LogP contribution in [0.2, 0.25) is 0 Å². The van der Waals surface area contributed by atoms with E-state index in [1.54, 1.807) is 6.07 Å². The molecule has 1 aliphatic rings. The number of likely N-dealkylation sites (tertiary alicyclic amines) is 1. The molecule has 0 bridgehead atoms. The number of carbonyl (C=O) groups is 1. The Morgan fingerprint density at radius 1 is 1.28 bits per heavy atom. The Morgan fingerprint density at radius 3 is 2.88 bits per heavy atom. The van der Waals surface area contributed by atoms with Gasteiger partial charge in [0.2, 0.25) is 0 Å². The third-order valence-corrected chi connectivity index (χ3v) is 4.56. The molecule has 3 rings (SSSR count). The van der Waals surface area contributed by atoms with Crippen molar-refractivity contribution in [2.75, 3.05) is 18.4 Å². The summed E-state index contributed by atoms with van der Waals surface area (Å²) in [6, 6.07) is 10.1. The molecular weight excluding hydrogens is 312 g/mol. The van der Waals surface area contributed by atoms with Crippen molar-refractivity contribution in [1.82, 2.24) is 14.9 Å². The Bertz CT molecular complexity index is 759. The first-order valence-corrected chi connectivity index (χ1v) is 8.95. The van der Waals surface area contributed by atoms with E-state index in [1.165, 1.54) is 17.5 Å². The first-order valence-electron chi connectivity index (χ1n) is 8.95. The van der Waals surface area contributed by atoms with E-state index in [4.69, 9.17) is 0 Å². The van der Waals surface area contributed by atoms with E-state index in [0.717, 1.165) is 19.5 Å². The molecule has 1 saturated heterocycles. The van der Waals surface area contributed by atoms with Crippen molar-refractivity contribution in [3.05, 3.63) is 53.0 Å². The summed E-state index contributed by atoms with van der Waals surface area (Å²) in [5, 5.41) is 3.31. The van der Waals surface area contributed by atoms with E-state index in [1.807, 2.05) is 17.9 Å². The zero-order chi connectivity index (χ0) is 17.8. The number of aromatic nitrogens is 2. The molecule has 132 valence electrons. The van der Waals surface area contributed by atoms with Gasteiger partial charge in [-0.1, -0.05) is 36.8 Å². The number of hydrogen-bond acceptors (Lipinski definition) is 4. The van der Waals surface area contributed by atoms with Gasteiger partial charge in [-0.05, 0) is 38.2 Å². The van der Waals surface area contributed by atoms with Crippen LogP contribution in [-0.2, 0) is 6.54 Å². The van der Waals surface area contributed by atoms with Crippen molar-refractivity contribution in [2.24, 2.45) is 5.92 Å². The molecule has 5 nitrogen and oxygen atoms in total. The first kappa shape index (κ1) is 17.4. The number of aryl methyl sites for hydroxylation is 2. The maximum absolute atomic E-state index is 12.8. The molecule has 5 heteroatoms. The Kier molecular flexibility index (Phi) is 5.31. The van der Waals surface area contributed by atoms with Gasteiger partial charge < -0.3 is 10.2 Å². The van der Waals surface area contributed by atoms with Gasteiger partial charge in [0.25, 0.3) is 5.91 Å². The van der Waals surface area contributed by atoms with E-state index in [9.17, 15) is 4.79 Å². The summed E-state index contributed by atoms with van der Waals surface area (Å²) in [7, 11) is 0. The molecule has 2 aromatic rings. The van der Waals surface area contributed by atoms with E-state index < -0.39 is 0 Å². The number of amides is 1. The fourth-order valence-corrected chi connectivity index (χ4v) is 3.32. The molecule has 0 saturated carbocycles. The smallest absolute Gasteiger partial charge is 0.272 e. The van der Waals surface area contributed by atoms with Crippen molar-refractivity contribution < 1.29 is 4.79 Å². The second-order valence-electron chi connectivity index (χ2n) is 7.03. The second kappa shape index (κ2) is 7.64. The summed E-state index contributed by atoms with van der Waals surface area (Å²) in [5.74, 6) is 1.88. The van der Waals surface area contributed by atoms with Crippen LogP contribution in [0.3, 0.4) is 0 Å². The maximum atomic E-state index is 12.8. The molecule has 1 aliphatic heterocycles. The first-order chi connectivity index (χ1) is 12.0. The van der Waals surface area contributed by atoms with E-state index >= 15 is 0 Å². The third-order valence-electron chi connectivity index (χ3n) is 4.56. The van der Waals surface area contributed by atoms with Crippen molar-refractivity contribution in [3.63, 3.8) is 0 Å². The highest BCUT2D eigenvalue weighted by molar-refractivity contribution is 5.93. The summed E-state index contributed by atoms with van der Waals surface area (Å²) in [6.45, 7) is 8.40. The van der Waals surface area contributed by atoms with Crippen LogP contribution in [0.5, 0.6) is 0 Å². The van der Waals surface area contributed by atoms with Gasteiger partial charge in [-0.15, -0.1) is 0 Å². The fraction of sp³-hybridized carbons (Fsp3) is 0.450. The van der Waals surface area contributed by atoms with E-state index in [2.05, 4.69) is 47.3 Å². The van der Waals surface area contributed by atoms with Gasteiger partial charge in [0.15, 0.2) is 0 Å². The molecule has 1 aromatic heterocycles. The molecule has 1 N–H and O–H groups in total. The molecule has 0 aliphatic carbocycles. The number of anilines is 1. The quantitative estimate of drug-likeness (QED) is 0.926. The predicted octanol–water partition coefficient (Wildman–Crippen LogP) is 3.58. The van der Waals surface area contributed by atoms with Crippen molar-refractivity contribution in [2.45, 2.75) is 40.2 Å². The molecule has 1 unspecified atom stereocenters. The van der Waals surface area contributed by atoms with Crippen LogP contribution < -0.4 is 5.32 Å². The lowest BCUT2D eigenvalue weighted by atomic mass is 10.00. The predicted molar refractivity (Wildman–Crippen MR) is 99.6 cm³/mol. The van der Waals surface area contributed by atoms with Crippen molar-refractivity contribution >= 4 is 11.7 Å². The minimum Gasteiger partial charge on any atom is -0.366 e. The normalized spacial score (nSPS) is 17.4. The highest BCUT2D eigenvalue weighted by atomic mass is 16.2. The number of hydrogen-bond donors (Lipinski definition) is 1. The molecule has 0 radical (unpaired) electrons.